The van der Waals surface area contributed by atoms with E-state index in [9.17, 15) is 4.79 Å². The second-order valence-electron chi connectivity index (χ2n) is 6.14. The Morgan fingerprint density at radius 1 is 1.19 bits per heavy atom. The van der Waals surface area contributed by atoms with Gasteiger partial charge in [-0.1, -0.05) is 12.1 Å². The largest absolute Gasteiger partial charge is 0.497 e. The van der Waals surface area contributed by atoms with E-state index in [1.54, 1.807) is 18.9 Å². The SMILES string of the molecule is CCNC(=NCC(=O)NCc1ccc(OC)cc1)NCC(C)(C)SC.I. The summed E-state index contributed by atoms with van der Waals surface area (Å²) in [7, 11) is 1.63. The summed E-state index contributed by atoms with van der Waals surface area (Å²) in [6, 6.07) is 7.61. The first-order valence-corrected chi connectivity index (χ1v) is 9.59. The second kappa shape index (κ2) is 13.1. The fraction of sp³-hybridized carbons (Fsp3) is 0.556. The third-order valence-corrected chi connectivity index (χ3v) is 4.86. The summed E-state index contributed by atoms with van der Waals surface area (Å²) in [4.78, 5) is 16.3. The Labute approximate surface area is 178 Å². The van der Waals surface area contributed by atoms with Crippen LogP contribution in [0.2, 0.25) is 0 Å². The van der Waals surface area contributed by atoms with Crippen LogP contribution in [0.25, 0.3) is 0 Å². The number of hydrogen-bond acceptors (Lipinski definition) is 4. The average Bonchev–Trinajstić information content (AvgIpc) is 2.62. The molecule has 0 saturated carbocycles. The average molecular weight is 494 g/mol. The van der Waals surface area contributed by atoms with Gasteiger partial charge in [-0.2, -0.15) is 11.8 Å². The first-order valence-electron chi connectivity index (χ1n) is 8.37. The number of carbonyl (C=O) groups excluding carboxylic acids is 1. The Bertz CT molecular complexity index is 565. The number of methoxy groups -OCH3 is 1. The molecule has 0 unspecified atom stereocenters. The molecule has 0 aliphatic carbocycles. The molecule has 0 aliphatic heterocycles. The van der Waals surface area contributed by atoms with E-state index in [0.717, 1.165) is 24.4 Å². The number of nitrogens with zero attached hydrogens (tertiary/aromatic N) is 1. The van der Waals surface area contributed by atoms with E-state index < -0.39 is 0 Å². The zero-order valence-electron chi connectivity index (χ0n) is 16.2. The molecule has 0 aromatic heterocycles. The van der Waals surface area contributed by atoms with E-state index >= 15 is 0 Å². The van der Waals surface area contributed by atoms with Gasteiger partial charge in [0.05, 0.1) is 7.11 Å². The molecular weight excluding hydrogens is 463 g/mol. The molecule has 1 aromatic rings. The van der Waals surface area contributed by atoms with Gasteiger partial charge in [-0.05, 0) is 44.7 Å². The Hall–Kier alpha value is -1.16. The highest BCUT2D eigenvalue weighted by atomic mass is 127. The number of aliphatic imine (C=N–C) groups is 1. The summed E-state index contributed by atoms with van der Waals surface area (Å²) in [5, 5.41) is 9.31. The van der Waals surface area contributed by atoms with Gasteiger partial charge in [-0.3, -0.25) is 4.79 Å². The van der Waals surface area contributed by atoms with Gasteiger partial charge in [0.15, 0.2) is 5.96 Å². The van der Waals surface area contributed by atoms with Crippen LogP contribution in [0.1, 0.15) is 26.3 Å². The number of amides is 1. The molecule has 148 valence electrons. The van der Waals surface area contributed by atoms with E-state index in [4.69, 9.17) is 4.74 Å². The Morgan fingerprint density at radius 3 is 2.38 bits per heavy atom. The van der Waals surface area contributed by atoms with Crippen molar-refractivity contribution < 1.29 is 9.53 Å². The fourth-order valence-electron chi connectivity index (χ4n) is 1.86. The molecule has 0 saturated heterocycles. The highest BCUT2D eigenvalue weighted by Crippen LogP contribution is 2.19. The van der Waals surface area contributed by atoms with Gasteiger partial charge in [0.2, 0.25) is 5.91 Å². The van der Waals surface area contributed by atoms with Gasteiger partial charge in [0.25, 0.3) is 0 Å². The predicted molar refractivity (Wildman–Crippen MR) is 122 cm³/mol. The number of carbonyl (C=O) groups is 1. The molecule has 1 amide bonds. The van der Waals surface area contributed by atoms with Crippen LogP contribution in [-0.2, 0) is 11.3 Å². The summed E-state index contributed by atoms with van der Waals surface area (Å²) < 4.78 is 5.22. The Balaban J connectivity index is 0.00000625. The van der Waals surface area contributed by atoms with E-state index in [2.05, 4.69) is 41.0 Å². The molecule has 0 heterocycles. The van der Waals surface area contributed by atoms with E-state index in [1.807, 2.05) is 31.2 Å². The third-order valence-electron chi connectivity index (χ3n) is 3.61. The maximum atomic E-state index is 12.0. The maximum absolute atomic E-state index is 12.0. The van der Waals surface area contributed by atoms with E-state index in [-0.39, 0.29) is 41.2 Å². The summed E-state index contributed by atoms with van der Waals surface area (Å²) in [6.45, 7) is 8.41. The van der Waals surface area contributed by atoms with Crippen LogP contribution in [0.4, 0.5) is 0 Å². The quantitative estimate of drug-likeness (QED) is 0.280. The minimum Gasteiger partial charge on any atom is -0.497 e. The van der Waals surface area contributed by atoms with Crippen LogP contribution in [0, 0.1) is 0 Å². The number of ether oxygens (including phenoxy) is 1. The van der Waals surface area contributed by atoms with Gasteiger partial charge in [0, 0.05) is 24.4 Å². The van der Waals surface area contributed by atoms with Gasteiger partial charge >= 0.3 is 0 Å². The van der Waals surface area contributed by atoms with Crippen LogP contribution in [-0.4, -0.2) is 49.6 Å². The lowest BCUT2D eigenvalue weighted by Gasteiger charge is -2.23. The van der Waals surface area contributed by atoms with E-state index in [0.29, 0.717) is 12.5 Å². The normalized spacial score (nSPS) is 11.3. The molecule has 0 radical (unpaired) electrons. The minimum atomic E-state index is -0.114. The maximum Gasteiger partial charge on any atom is 0.242 e. The Kier molecular flexibility index (Phi) is 12.5. The summed E-state index contributed by atoms with van der Waals surface area (Å²) in [6.07, 6.45) is 2.08. The van der Waals surface area contributed by atoms with Crippen molar-refractivity contribution in [2.75, 3.05) is 33.0 Å². The molecule has 3 N–H and O–H groups in total. The summed E-state index contributed by atoms with van der Waals surface area (Å²) >= 11 is 1.79. The molecule has 1 rings (SSSR count). The van der Waals surface area contributed by atoms with Crippen molar-refractivity contribution in [2.45, 2.75) is 32.1 Å². The molecule has 26 heavy (non-hydrogen) atoms. The smallest absolute Gasteiger partial charge is 0.242 e. The van der Waals surface area contributed by atoms with Gasteiger partial charge < -0.3 is 20.7 Å². The molecular formula is C18H31IN4O2S. The monoisotopic (exact) mass is 494 g/mol. The summed E-state index contributed by atoms with van der Waals surface area (Å²) in [5.74, 6) is 1.34. The first-order chi connectivity index (χ1) is 11.9. The number of benzene rings is 1. The first kappa shape index (κ1) is 24.8. The number of thioether (sulfide) groups is 1. The number of guanidine groups is 1. The standard InChI is InChI=1S/C18H30N4O2S.HI/c1-6-19-17(22-13-18(2,3)25-5)21-12-16(23)20-11-14-7-9-15(24-4)10-8-14;/h7-10H,6,11-13H2,1-5H3,(H,20,23)(H2,19,21,22);1H. The van der Waals surface area contributed by atoms with Crippen molar-refractivity contribution in [3.63, 3.8) is 0 Å². The van der Waals surface area contributed by atoms with Crippen LogP contribution in [0.15, 0.2) is 29.3 Å². The number of nitrogens with one attached hydrogen (secondary N) is 3. The topological polar surface area (TPSA) is 74.8 Å². The lowest BCUT2D eigenvalue weighted by Crippen LogP contribution is -2.43. The van der Waals surface area contributed by atoms with Gasteiger partial charge in [-0.25, -0.2) is 4.99 Å². The van der Waals surface area contributed by atoms with Gasteiger partial charge in [-0.15, -0.1) is 24.0 Å². The van der Waals surface area contributed by atoms with Crippen LogP contribution in [0.3, 0.4) is 0 Å². The highest BCUT2D eigenvalue weighted by Gasteiger charge is 2.16. The molecule has 0 aliphatic rings. The molecule has 0 atom stereocenters. The van der Waals surface area contributed by atoms with Crippen LogP contribution >= 0.6 is 35.7 Å². The lowest BCUT2D eigenvalue weighted by atomic mass is 10.2. The zero-order valence-corrected chi connectivity index (χ0v) is 19.4. The molecule has 1 aromatic carbocycles. The number of halogens is 1. The van der Waals surface area contributed by atoms with Crippen LogP contribution < -0.4 is 20.7 Å². The summed E-state index contributed by atoms with van der Waals surface area (Å²) in [5.41, 5.74) is 1.02. The minimum absolute atomic E-state index is 0. The highest BCUT2D eigenvalue weighted by molar-refractivity contribution is 14.0. The number of hydrogen-bond donors (Lipinski definition) is 3. The van der Waals surface area contributed by atoms with E-state index in [1.165, 1.54) is 0 Å². The molecule has 6 nitrogen and oxygen atoms in total. The Morgan fingerprint density at radius 2 is 1.85 bits per heavy atom. The predicted octanol–water partition coefficient (Wildman–Crippen LogP) is 2.63. The van der Waals surface area contributed by atoms with Crippen molar-refractivity contribution in [1.82, 2.24) is 16.0 Å². The fourth-order valence-corrected chi connectivity index (χ4v) is 2.08. The third kappa shape index (κ3) is 10.1. The molecule has 0 spiro atoms. The van der Waals surface area contributed by atoms with Crippen molar-refractivity contribution >= 4 is 47.6 Å². The lowest BCUT2D eigenvalue weighted by molar-refractivity contribution is -0.119. The molecule has 8 heteroatoms. The molecule has 0 bridgehead atoms. The van der Waals surface area contributed by atoms with Crippen molar-refractivity contribution in [1.29, 1.82) is 0 Å². The van der Waals surface area contributed by atoms with Crippen LogP contribution in [0.5, 0.6) is 5.75 Å². The van der Waals surface area contributed by atoms with Crippen molar-refractivity contribution in [3.05, 3.63) is 29.8 Å². The number of rotatable bonds is 9. The van der Waals surface area contributed by atoms with Gasteiger partial charge in [0.1, 0.15) is 12.3 Å². The molecule has 0 fully saturated rings. The second-order valence-corrected chi connectivity index (χ2v) is 7.65. The van der Waals surface area contributed by atoms with Crippen molar-refractivity contribution in [3.8, 4) is 5.75 Å². The zero-order chi connectivity index (χ0) is 18.7. The van der Waals surface area contributed by atoms with Crippen molar-refractivity contribution in [2.24, 2.45) is 4.99 Å².